The van der Waals surface area contributed by atoms with Crippen molar-refractivity contribution < 1.29 is 18.3 Å². The van der Waals surface area contributed by atoms with Crippen molar-refractivity contribution in [3.63, 3.8) is 0 Å². The number of nitrogens with zero attached hydrogens (tertiary/aromatic N) is 1. The molecule has 1 aromatic heterocycles. The third-order valence-corrected chi connectivity index (χ3v) is 5.06. The molecule has 0 saturated heterocycles. The Morgan fingerprint density at radius 2 is 1.67 bits per heavy atom. The van der Waals surface area contributed by atoms with Crippen LogP contribution in [0.5, 0.6) is 0 Å². The topological polar surface area (TPSA) is 84.3 Å². The Hall–Kier alpha value is -2.21. The van der Waals surface area contributed by atoms with Crippen LogP contribution in [0.4, 0.5) is 0 Å². The van der Waals surface area contributed by atoms with E-state index in [-0.39, 0.29) is 12.2 Å². The molecule has 5 nitrogen and oxygen atoms in total. The van der Waals surface area contributed by atoms with E-state index in [1.807, 2.05) is 0 Å². The minimum Gasteiger partial charge on any atom is -0.480 e. The Kier molecular flexibility index (Phi) is 4.70. The monoisotopic (exact) mass is 305 g/mol. The molecule has 0 spiro atoms. The molecule has 0 fully saturated rings. The fourth-order valence-corrected chi connectivity index (χ4v) is 3.62. The quantitative estimate of drug-likeness (QED) is 0.878. The highest BCUT2D eigenvalue weighted by atomic mass is 32.2. The number of carboxylic acids is 1. The van der Waals surface area contributed by atoms with E-state index >= 15 is 0 Å². The molecule has 2 aromatic rings. The van der Waals surface area contributed by atoms with Crippen molar-refractivity contribution in [2.75, 3.05) is 0 Å². The van der Waals surface area contributed by atoms with Crippen LogP contribution < -0.4 is 0 Å². The van der Waals surface area contributed by atoms with Gasteiger partial charge in [0.25, 0.3) is 0 Å². The number of carboxylic acid groups (broad SMARTS) is 1. The van der Waals surface area contributed by atoms with Gasteiger partial charge in [0.05, 0.1) is 5.75 Å². The van der Waals surface area contributed by atoms with Crippen LogP contribution in [0.2, 0.25) is 0 Å². The summed E-state index contributed by atoms with van der Waals surface area (Å²) >= 11 is 0. The number of aromatic nitrogens is 1. The minimum absolute atomic E-state index is 0.0381. The molecule has 0 aliphatic rings. The standard InChI is InChI=1S/C15H15NO4S/c17-15(18)14(10-12-4-2-1-3-5-12)21(19,20)11-13-6-8-16-9-7-13/h1-9,14H,10-11H2,(H,17,18). The van der Waals surface area contributed by atoms with Crippen molar-refractivity contribution in [2.45, 2.75) is 17.4 Å². The number of sulfone groups is 1. The predicted octanol–water partition coefficient (Wildman–Crippen LogP) is 1.69. The number of aliphatic carboxylic acids is 1. The van der Waals surface area contributed by atoms with E-state index in [0.29, 0.717) is 11.1 Å². The highest BCUT2D eigenvalue weighted by molar-refractivity contribution is 7.92. The maximum absolute atomic E-state index is 12.3. The van der Waals surface area contributed by atoms with Gasteiger partial charge >= 0.3 is 5.97 Å². The molecule has 1 atom stereocenters. The van der Waals surface area contributed by atoms with Crippen LogP contribution in [-0.2, 0) is 26.8 Å². The van der Waals surface area contributed by atoms with Gasteiger partial charge in [-0.2, -0.15) is 0 Å². The summed E-state index contributed by atoms with van der Waals surface area (Å²) in [6, 6.07) is 11.9. The molecule has 0 amide bonds. The number of hydrogen-bond donors (Lipinski definition) is 1. The van der Waals surface area contributed by atoms with Crippen LogP contribution in [0, 0.1) is 0 Å². The lowest BCUT2D eigenvalue weighted by Crippen LogP contribution is -2.33. The molecule has 1 unspecified atom stereocenters. The summed E-state index contributed by atoms with van der Waals surface area (Å²) in [5, 5.41) is 7.81. The molecule has 1 aromatic carbocycles. The zero-order valence-corrected chi connectivity index (χ0v) is 12.0. The smallest absolute Gasteiger partial charge is 0.322 e. The summed E-state index contributed by atoms with van der Waals surface area (Å²) in [4.78, 5) is 15.2. The van der Waals surface area contributed by atoms with Crippen LogP contribution in [0.1, 0.15) is 11.1 Å². The van der Waals surface area contributed by atoms with E-state index in [1.54, 1.807) is 42.5 Å². The minimum atomic E-state index is -3.80. The lowest BCUT2D eigenvalue weighted by atomic mass is 10.1. The lowest BCUT2D eigenvalue weighted by molar-refractivity contribution is -0.136. The van der Waals surface area contributed by atoms with Gasteiger partial charge in [-0.05, 0) is 29.7 Å². The summed E-state index contributed by atoms with van der Waals surface area (Å²) in [6.07, 6.45) is 2.93. The molecule has 6 heteroatoms. The second kappa shape index (κ2) is 6.49. The van der Waals surface area contributed by atoms with E-state index < -0.39 is 21.1 Å². The molecule has 1 N–H and O–H groups in total. The van der Waals surface area contributed by atoms with E-state index in [2.05, 4.69) is 4.98 Å². The van der Waals surface area contributed by atoms with E-state index in [4.69, 9.17) is 0 Å². The first-order valence-electron chi connectivity index (χ1n) is 6.36. The molecule has 21 heavy (non-hydrogen) atoms. The summed E-state index contributed by atoms with van der Waals surface area (Å²) in [7, 11) is -3.80. The molecule has 0 aliphatic heterocycles. The number of benzene rings is 1. The van der Waals surface area contributed by atoms with Gasteiger partial charge in [-0.15, -0.1) is 0 Å². The van der Waals surface area contributed by atoms with Crippen molar-refractivity contribution in [1.29, 1.82) is 0 Å². The fourth-order valence-electron chi connectivity index (χ4n) is 2.01. The van der Waals surface area contributed by atoms with Gasteiger partial charge in [0.1, 0.15) is 0 Å². The van der Waals surface area contributed by atoms with Gasteiger partial charge in [-0.1, -0.05) is 30.3 Å². The molecule has 1 heterocycles. The Morgan fingerprint density at radius 1 is 1.05 bits per heavy atom. The molecule has 110 valence electrons. The van der Waals surface area contributed by atoms with Gasteiger partial charge in [0.2, 0.25) is 0 Å². The van der Waals surface area contributed by atoms with Crippen LogP contribution in [0.25, 0.3) is 0 Å². The Labute approximate surface area is 123 Å². The highest BCUT2D eigenvalue weighted by Crippen LogP contribution is 2.16. The van der Waals surface area contributed by atoms with Crippen molar-refractivity contribution in [2.24, 2.45) is 0 Å². The maximum atomic E-state index is 12.3. The third kappa shape index (κ3) is 4.13. The summed E-state index contributed by atoms with van der Waals surface area (Å²) in [6.45, 7) is 0. The van der Waals surface area contributed by atoms with Gasteiger partial charge in [-0.3, -0.25) is 9.78 Å². The maximum Gasteiger partial charge on any atom is 0.322 e. The first kappa shape index (κ1) is 15.2. The van der Waals surface area contributed by atoms with Gasteiger partial charge in [0, 0.05) is 12.4 Å². The Bertz CT molecular complexity index is 699. The number of hydrogen-bond acceptors (Lipinski definition) is 4. The number of rotatable bonds is 6. The third-order valence-electron chi connectivity index (χ3n) is 3.09. The second-order valence-corrected chi connectivity index (χ2v) is 6.86. The van der Waals surface area contributed by atoms with Crippen LogP contribution >= 0.6 is 0 Å². The SMILES string of the molecule is O=C(O)C(Cc1ccccc1)S(=O)(=O)Cc1ccncc1. The molecular formula is C15H15NO4S. The van der Waals surface area contributed by atoms with Crippen LogP contribution in [0.15, 0.2) is 54.9 Å². The zero-order valence-electron chi connectivity index (χ0n) is 11.2. The molecular weight excluding hydrogens is 290 g/mol. The summed E-state index contributed by atoms with van der Waals surface area (Å²) in [5.74, 6) is -1.63. The van der Waals surface area contributed by atoms with Gasteiger partial charge in [0.15, 0.2) is 15.1 Å². The van der Waals surface area contributed by atoms with Gasteiger partial charge < -0.3 is 5.11 Å². The van der Waals surface area contributed by atoms with E-state index in [9.17, 15) is 18.3 Å². The molecule has 0 radical (unpaired) electrons. The molecule has 0 aliphatic carbocycles. The fraction of sp³-hybridized carbons (Fsp3) is 0.200. The zero-order chi connectivity index (χ0) is 15.3. The van der Waals surface area contributed by atoms with Crippen molar-refractivity contribution in [3.05, 3.63) is 66.0 Å². The summed E-state index contributed by atoms with van der Waals surface area (Å²) in [5.41, 5.74) is 1.22. The average molecular weight is 305 g/mol. The Balaban J connectivity index is 2.23. The van der Waals surface area contributed by atoms with Gasteiger partial charge in [-0.25, -0.2) is 8.42 Å². The average Bonchev–Trinajstić information content (AvgIpc) is 2.46. The number of carbonyl (C=O) groups is 1. The van der Waals surface area contributed by atoms with Crippen molar-refractivity contribution in [1.82, 2.24) is 4.98 Å². The van der Waals surface area contributed by atoms with Crippen molar-refractivity contribution >= 4 is 15.8 Å². The van der Waals surface area contributed by atoms with Crippen LogP contribution in [0.3, 0.4) is 0 Å². The summed E-state index contributed by atoms with van der Waals surface area (Å²) < 4.78 is 24.7. The predicted molar refractivity (Wildman–Crippen MR) is 78.4 cm³/mol. The first-order valence-corrected chi connectivity index (χ1v) is 8.08. The van der Waals surface area contributed by atoms with E-state index in [0.717, 1.165) is 0 Å². The largest absolute Gasteiger partial charge is 0.480 e. The highest BCUT2D eigenvalue weighted by Gasteiger charge is 2.32. The number of pyridine rings is 1. The van der Waals surface area contributed by atoms with Crippen LogP contribution in [-0.4, -0.2) is 29.7 Å². The second-order valence-electron chi connectivity index (χ2n) is 4.68. The lowest BCUT2D eigenvalue weighted by Gasteiger charge is -2.13. The first-order chi connectivity index (χ1) is 9.99. The molecule has 0 saturated carbocycles. The van der Waals surface area contributed by atoms with Crippen molar-refractivity contribution in [3.8, 4) is 0 Å². The Morgan fingerprint density at radius 3 is 2.24 bits per heavy atom. The van der Waals surface area contributed by atoms with E-state index in [1.165, 1.54) is 12.4 Å². The normalized spacial score (nSPS) is 12.8. The molecule has 2 rings (SSSR count). The molecule has 0 bridgehead atoms.